The fourth-order valence-electron chi connectivity index (χ4n) is 15.5. The molecule has 17 unspecified atom stereocenters. The second-order valence-electron chi connectivity index (χ2n) is 22.6. The number of aromatic nitrogens is 1. The molecule has 5 heterocycles. The lowest BCUT2D eigenvalue weighted by Crippen LogP contribution is -2.70. The maximum Gasteiger partial charge on any atom is 0.335 e. The molecule has 1 aromatic heterocycles. The van der Waals surface area contributed by atoms with Crippen molar-refractivity contribution >= 4 is 5.97 Å². The predicted molar refractivity (Wildman–Crippen MR) is 275 cm³/mol. The van der Waals surface area contributed by atoms with Crippen molar-refractivity contribution in [3.8, 4) is 23.8 Å². The summed E-state index contributed by atoms with van der Waals surface area (Å²) in [6, 6.07) is 16.3. The lowest BCUT2D eigenvalue weighted by Gasteiger charge is -2.54. The zero-order chi connectivity index (χ0) is 52.7. The molecule has 1 saturated heterocycles. The summed E-state index contributed by atoms with van der Waals surface area (Å²) in [4.78, 5) is 11.8. The number of nitrogens with zero attached hydrogens (tertiary/aromatic N) is 2. The van der Waals surface area contributed by atoms with Gasteiger partial charge in [0.2, 0.25) is 6.29 Å². The Kier molecular flexibility index (Phi) is 15.2. The summed E-state index contributed by atoms with van der Waals surface area (Å²) < 4.78 is 34.3. The Labute approximate surface area is 439 Å². The van der Waals surface area contributed by atoms with Crippen LogP contribution < -0.4 is 4.74 Å². The Hall–Kier alpha value is -5.46. The molecule has 0 radical (unpaired) electrons. The van der Waals surface area contributed by atoms with E-state index in [9.17, 15) is 45.8 Å². The average Bonchev–Trinajstić information content (AvgIpc) is 4.10. The lowest BCUT2D eigenvalue weighted by atomic mass is 9.52. The van der Waals surface area contributed by atoms with Crippen molar-refractivity contribution < 1.29 is 64.2 Å². The van der Waals surface area contributed by atoms with Gasteiger partial charge < -0.3 is 64.0 Å². The topological polar surface area (TPSA) is 234 Å². The standard InChI is InChI=1S/C60H72N2O13/c1-3-7-38-15-17-44(29-41(38)28-42(35-71-2)48(34-64)62-24-20-37(32-61)33-62)74-56-60-31-47(49(65)9-6-26-72-50(10-5-25-63)53(75-56)52(66)54(60)67)57(23-27-73-60)22-19-51-58(70,36-57)30-46-45(18-16-43-8-4-21-59(43,46)51)39-11-13-40(14-12-39)55(68)69/h3,11-15,17,19-20,22-24,27,29,33,42-43,45-54,56,63-67,70H,1,4-5,7-10,16,18,21,25,28,30-31,34-36H2,2H3,(H,68,69). The largest absolute Gasteiger partial charge is 0.486 e. The molecule has 4 aliphatic carbocycles. The van der Waals surface area contributed by atoms with E-state index in [4.69, 9.17) is 23.7 Å². The Balaban J connectivity index is 1.02. The van der Waals surface area contributed by atoms with E-state index in [1.165, 1.54) is 6.26 Å². The van der Waals surface area contributed by atoms with Gasteiger partial charge in [0.25, 0.3) is 0 Å². The zero-order valence-electron chi connectivity index (χ0n) is 42.7. The number of carboxylic acid groups (broad SMARTS) is 1. The fourth-order valence-corrected chi connectivity index (χ4v) is 15.5. The molecule has 7 N–H and O–H groups in total. The fraction of sp³-hybridized carbons (Fsp3) is 0.567. The molecule has 17 atom stereocenters. The van der Waals surface area contributed by atoms with E-state index < -0.39 is 71.4 Å². The average molecular weight is 1030 g/mol. The summed E-state index contributed by atoms with van der Waals surface area (Å²) in [5, 5.41) is 91.1. The van der Waals surface area contributed by atoms with Gasteiger partial charge in [-0.05, 0) is 140 Å². The Morgan fingerprint density at radius 2 is 1.88 bits per heavy atom. The van der Waals surface area contributed by atoms with Crippen LogP contribution in [0.3, 0.4) is 0 Å². The lowest BCUT2D eigenvalue weighted by molar-refractivity contribution is -0.334. The minimum absolute atomic E-state index is 0.0239. The Morgan fingerprint density at radius 3 is 2.61 bits per heavy atom. The number of methoxy groups -OCH3 is 1. The molecule has 3 aromatic rings. The molecule has 15 nitrogen and oxygen atoms in total. The second kappa shape index (κ2) is 21.5. The summed E-state index contributed by atoms with van der Waals surface area (Å²) in [5.41, 5.74) is -0.695. The molecule has 3 saturated carbocycles. The van der Waals surface area contributed by atoms with Crippen LogP contribution in [0, 0.1) is 63.8 Å². The van der Waals surface area contributed by atoms with Crippen LogP contribution in [-0.4, -0.2) is 121 Å². The first-order valence-corrected chi connectivity index (χ1v) is 26.9. The minimum Gasteiger partial charge on any atom is -0.486 e. The highest BCUT2D eigenvalue weighted by atomic mass is 16.7. The van der Waals surface area contributed by atoms with E-state index in [1.807, 2.05) is 34.9 Å². The number of fused-ring (bicyclic) bond motifs is 7. The molecule has 8 aliphatic rings. The molecule has 3 bridgehead atoms. The van der Waals surface area contributed by atoms with Crippen LogP contribution in [-0.2, 0) is 31.8 Å². The molecule has 400 valence electrons. The van der Waals surface area contributed by atoms with E-state index in [2.05, 4.69) is 36.8 Å². The van der Waals surface area contributed by atoms with Crippen LogP contribution in [0.1, 0.15) is 115 Å². The molecule has 4 fully saturated rings. The van der Waals surface area contributed by atoms with Gasteiger partial charge in [0.15, 0.2) is 5.60 Å². The summed E-state index contributed by atoms with van der Waals surface area (Å²) in [5.74, 6) is 1.83. The highest BCUT2D eigenvalue weighted by molar-refractivity contribution is 5.87. The molecule has 2 aromatic carbocycles. The smallest absolute Gasteiger partial charge is 0.335 e. The third-order valence-corrected chi connectivity index (χ3v) is 18.9. The minimum atomic E-state index is -1.86. The number of aliphatic hydroxyl groups excluding tert-OH is 5. The second-order valence-corrected chi connectivity index (χ2v) is 22.6. The van der Waals surface area contributed by atoms with Crippen molar-refractivity contribution in [2.75, 3.05) is 26.9 Å². The van der Waals surface area contributed by atoms with Gasteiger partial charge in [-0.3, -0.25) is 0 Å². The molecule has 75 heavy (non-hydrogen) atoms. The summed E-state index contributed by atoms with van der Waals surface area (Å²) in [6.45, 7) is 3.89. The molecule has 15 heteroatoms. The molecular weight excluding hydrogens is 957 g/mol. The van der Waals surface area contributed by atoms with Crippen molar-refractivity contribution in [3.05, 3.63) is 126 Å². The number of hydrogen-bond acceptors (Lipinski definition) is 13. The number of allylic oxidation sites excluding steroid dienone is 3. The quantitative estimate of drug-likeness (QED) is 0.0600. The third-order valence-electron chi connectivity index (χ3n) is 18.9. The maximum absolute atomic E-state index is 13.5. The number of aliphatic hydroxyl groups is 6. The first-order chi connectivity index (χ1) is 36.3. The molecular formula is C60H72N2O13. The first-order valence-electron chi connectivity index (χ1n) is 26.9. The number of nitriles is 1. The molecule has 3 spiro atoms. The normalized spacial score (nSPS) is 37.1. The van der Waals surface area contributed by atoms with E-state index in [0.29, 0.717) is 36.5 Å². The Morgan fingerprint density at radius 1 is 1.05 bits per heavy atom. The monoisotopic (exact) mass is 1030 g/mol. The number of ether oxygens (including phenoxy) is 5. The zero-order valence-corrected chi connectivity index (χ0v) is 42.7. The van der Waals surface area contributed by atoms with Gasteiger partial charge in [-0.1, -0.05) is 48.8 Å². The van der Waals surface area contributed by atoms with Gasteiger partial charge >= 0.3 is 5.97 Å². The van der Waals surface area contributed by atoms with Gasteiger partial charge in [-0.15, -0.1) is 6.58 Å². The summed E-state index contributed by atoms with van der Waals surface area (Å²) in [6.07, 6.45) is 14.9. The van der Waals surface area contributed by atoms with Crippen LogP contribution in [0.5, 0.6) is 5.75 Å². The maximum atomic E-state index is 13.5. The van der Waals surface area contributed by atoms with Crippen LogP contribution >= 0.6 is 0 Å². The number of benzene rings is 2. The molecule has 4 aliphatic heterocycles. The van der Waals surface area contributed by atoms with Crippen LogP contribution in [0.2, 0.25) is 0 Å². The number of rotatable bonds is 16. The first kappa shape index (κ1) is 53.0. The van der Waals surface area contributed by atoms with Gasteiger partial charge in [0.1, 0.15) is 42.3 Å². The van der Waals surface area contributed by atoms with E-state index in [-0.39, 0.29) is 86.6 Å². The van der Waals surface area contributed by atoms with Crippen molar-refractivity contribution in [2.24, 2.45) is 40.4 Å². The van der Waals surface area contributed by atoms with Crippen molar-refractivity contribution in [2.45, 2.75) is 143 Å². The third kappa shape index (κ3) is 9.41. The van der Waals surface area contributed by atoms with E-state index in [0.717, 1.165) is 48.8 Å². The summed E-state index contributed by atoms with van der Waals surface area (Å²) in [7, 11) is 1.60. The van der Waals surface area contributed by atoms with Crippen LogP contribution in [0.4, 0.5) is 0 Å². The van der Waals surface area contributed by atoms with Gasteiger partial charge in [0, 0.05) is 62.1 Å². The number of hydrogen-bond donors (Lipinski definition) is 7. The highest BCUT2D eigenvalue weighted by Crippen LogP contribution is 2.73. The Bertz CT molecular complexity index is 2720. The van der Waals surface area contributed by atoms with Gasteiger partial charge in [0.05, 0.1) is 48.3 Å². The van der Waals surface area contributed by atoms with Crippen molar-refractivity contribution in [1.82, 2.24) is 4.57 Å². The number of carboxylic acids is 1. The highest BCUT2D eigenvalue weighted by Gasteiger charge is 2.71. The summed E-state index contributed by atoms with van der Waals surface area (Å²) >= 11 is 0. The number of carbonyl (C=O) groups is 1. The predicted octanol–water partition coefficient (Wildman–Crippen LogP) is 6.50. The molecule has 0 amide bonds. The van der Waals surface area contributed by atoms with E-state index in [1.54, 1.807) is 49.8 Å². The van der Waals surface area contributed by atoms with E-state index >= 15 is 0 Å². The van der Waals surface area contributed by atoms with Crippen LogP contribution in [0.15, 0.2) is 98.1 Å². The SMILES string of the molecule is C=CCc1ccc(OC2OC3C(CCCO)OC#CCC(O)C4CC2(OC=CC42C=CC4C(O)(CC5C(c6ccc(C(=O)O)cc6)CCC6CCCC654)C2)C(O)C3O)cc1CC(COC)C(CO)n1ccc(C#N)c1. The molecule has 11 rings (SSSR count). The van der Waals surface area contributed by atoms with Gasteiger partial charge in [-0.25, -0.2) is 4.79 Å². The number of aromatic carboxylic acids is 1. The van der Waals surface area contributed by atoms with Crippen LogP contribution in [0.25, 0.3) is 0 Å². The van der Waals surface area contributed by atoms with Crippen molar-refractivity contribution in [1.29, 1.82) is 5.26 Å². The van der Waals surface area contributed by atoms with Gasteiger partial charge in [-0.2, -0.15) is 5.26 Å². The van der Waals surface area contributed by atoms with Crippen molar-refractivity contribution in [3.63, 3.8) is 0 Å².